The highest BCUT2D eigenvalue weighted by Gasteiger charge is 2.30. The minimum Gasteiger partial charge on any atom is -0.311 e. The van der Waals surface area contributed by atoms with Gasteiger partial charge in [0.05, 0.1) is 11.2 Å². The van der Waals surface area contributed by atoms with Gasteiger partial charge in [-0.1, -0.05) is 38.0 Å². The van der Waals surface area contributed by atoms with Crippen molar-refractivity contribution < 1.29 is 0 Å². The number of benzene rings is 1. The van der Waals surface area contributed by atoms with Crippen molar-refractivity contribution >= 4 is 10.9 Å². The first kappa shape index (κ1) is 14.6. The lowest BCUT2D eigenvalue weighted by atomic mass is 9.85. The second-order valence-corrected chi connectivity index (χ2v) is 6.33. The van der Waals surface area contributed by atoms with E-state index in [1.165, 1.54) is 48.7 Å². The van der Waals surface area contributed by atoms with Crippen LogP contribution in [-0.4, -0.2) is 21.9 Å². The molecule has 1 N–H and O–H groups in total. The summed E-state index contributed by atoms with van der Waals surface area (Å²) in [5.41, 5.74) is 2.78. The number of aromatic nitrogens is 2. The number of hydrogen-bond acceptors (Lipinski definition) is 2. The summed E-state index contributed by atoms with van der Waals surface area (Å²) in [6, 6.07) is 8.66. The molecule has 1 aromatic carbocycles. The molecule has 0 saturated carbocycles. The number of rotatable bonds is 4. The van der Waals surface area contributed by atoms with Crippen molar-refractivity contribution in [3.63, 3.8) is 0 Å². The maximum Gasteiger partial charge on any atom is 0.0721 e. The summed E-state index contributed by atoms with van der Waals surface area (Å²) < 4.78 is 2.14. The Morgan fingerprint density at radius 3 is 2.86 bits per heavy atom. The van der Waals surface area contributed by atoms with Crippen molar-refractivity contribution in [1.29, 1.82) is 0 Å². The number of hydrogen-bond donors (Lipinski definition) is 1. The molecule has 2 heterocycles. The van der Waals surface area contributed by atoms with E-state index in [2.05, 4.69) is 48.1 Å². The van der Waals surface area contributed by atoms with E-state index < -0.39 is 0 Å². The summed E-state index contributed by atoms with van der Waals surface area (Å²) in [6.45, 7) is 6.58. The summed E-state index contributed by atoms with van der Waals surface area (Å²) in [5, 5.41) is 10.1. The van der Waals surface area contributed by atoms with Crippen LogP contribution in [0.3, 0.4) is 0 Å². The fourth-order valence-electron chi connectivity index (χ4n) is 3.67. The van der Waals surface area contributed by atoms with Crippen LogP contribution in [0.15, 0.2) is 24.3 Å². The first-order valence-corrected chi connectivity index (χ1v) is 8.47. The highest BCUT2D eigenvalue weighted by molar-refractivity contribution is 5.82. The normalized spacial score (nSPS) is 23.3. The third-order valence-corrected chi connectivity index (χ3v) is 5.05. The largest absolute Gasteiger partial charge is 0.311 e. The zero-order valence-corrected chi connectivity index (χ0v) is 13.4. The highest BCUT2D eigenvalue weighted by atomic mass is 15.3. The molecule has 1 saturated heterocycles. The van der Waals surface area contributed by atoms with Gasteiger partial charge in [-0.15, -0.1) is 0 Å². The van der Waals surface area contributed by atoms with Gasteiger partial charge in [-0.05, 0) is 38.8 Å². The number of para-hydroxylation sites is 1. The molecular weight excluding hydrogens is 258 g/mol. The summed E-state index contributed by atoms with van der Waals surface area (Å²) >= 11 is 0. The second kappa shape index (κ2) is 6.18. The Bertz CT molecular complexity index is 592. The van der Waals surface area contributed by atoms with Crippen molar-refractivity contribution in [2.24, 2.45) is 0 Å². The average molecular weight is 285 g/mol. The molecule has 1 fully saturated rings. The molecule has 1 aliphatic rings. The zero-order chi connectivity index (χ0) is 14.7. The molecule has 3 heteroatoms. The van der Waals surface area contributed by atoms with Gasteiger partial charge in [-0.3, -0.25) is 4.68 Å². The molecule has 0 bridgehead atoms. The van der Waals surface area contributed by atoms with Gasteiger partial charge in [0.2, 0.25) is 0 Å². The van der Waals surface area contributed by atoms with Gasteiger partial charge >= 0.3 is 0 Å². The maximum atomic E-state index is 4.90. The van der Waals surface area contributed by atoms with E-state index in [1.54, 1.807) is 0 Å². The number of nitrogens with one attached hydrogen (secondary N) is 1. The lowest BCUT2D eigenvalue weighted by Gasteiger charge is -2.32. The second-order valence-electron chi connectivity index (χ2n) is 6.33. The molecule has 114 valence electrons. The van der Waals surface area contributed by atoms with E-state index in [1.807, 2.05) is 0 Å². The van der Waals surface area contributed by atoms with Gasteiger partial charge in [0, 0.05) is 23.9 Å². The van der Waals surface area contributed by atoms with E-state index in [9.17, 15) is 0 Å². The molecule has 1 aromatic heterocycles. The predicted molar refractivity (Wildman–Crippen MR) is 88.6 cm³/mol. The first-order valence-electron chi connectivity index (χ1n) is 8.47. The Balaban J connectivity index is 1.96. The minimum absolute atomic E-state index is 0.242. The van der Waals surface area contributed by atoms with Gasteiger partial charge in [-0.2, -0.15) is 5.10 Å². The number of fused-ring (bicyclic) bond motifs is 1. The van der Waals surface area contributed by atoms with Crippen molar-refractivity contribution in [2.45, 2.75) is 64.5 Å². The summed E-state index contributed by atoms with van der Waals surface area (Å²) in [6.07, 6.45) is 7.52. The fraction of sp³-hybridized carbons (Fsp3) is 0.611. The van der Waals surface area contributed by atoms with Gasteiger partial charge in [0.15, 0.2) is 0 Å². The Labute approximate surface area is 127 Å². The molecule has 3 rings (SSSR count). The third-order valence-electron chi connectivity index (χ3n) is 5.05. The van der Waals surface area contributed by atoms with Crippen molar-refractivity contribution in [1.82, 2.24) is 15.1 Å². The van der Waals surface area contributed by atoms with Crippen LogP contribution in [0.2, 0.25) is 0 Å². The predicted octanol–water partition coefficient (Wildman–Crippen LogP) is 3.91. The third kappa shape index (κ3) is 2.84. The monoisotopic (exact) mass is 285 g/mol. The standard InChI is InChI=1S/C18H27N3/c1-3-18(12-8-5-9-13-19-18)14-16-15-10-6-7-11-17(15)21(4-2)20-16/h6-7,10-11,19H,3-5,8-9,12-14H2,1-2H3. The molecule has 0 amide bonds. The van der Waals surface area contributed by atoms with Crippen molar-refractivity contribution in [3.05, 3.63) is 30.0 Å². The average Bonchev–Trinajstić information content (AvgIpc) is 2.71. The van der Waals surface area contributed by atoms with Gasteiger partial charge < -0.3 is 5.32 Å². The van der Waals surface area contributed by atoms with E-state index in [-0.39, 0.29) is 5.54 Å². The quantitative estimate of drug-likeness (QED) is 0.923. The molecule has 1 unspecified atom stereocenters. The van der Waals surface area contributed by atoms with Crippen LogP contribution in [0, 0.1) is 0 Å². The molecule has 3 nitrogen and oxygen atoms in total. The van der Waals surface area contributed by atoms with Crippen molar-refractivity contribution in [2.75, 3.05) is 6.54 Å². The number of nitrogens with zero attached hydrogens (tertiary/aromatic N) is 2. The van der Waals surface area contributed by atoms with Crippen LogP contribution in [-0.2, 0) is 13.0 Å². The molecule has 0 spiro atoms. The summed E-state index contributed by atoms with van der Waals surface area (Å²) in [4.78, 5) is 0. The van der Waals surface area contributed by atoms with Gasteiger partial charge in [-0.25, -0.2) is 0 Å². The molecule has 2 aromatic rings. The molecule has 21 heavy (non-hydrogen) atoms. The molecular formula is C18H27N3. The molecule has 1 aliphatic heterocycles. The Hall–Kier alpha value is -1.35. The Morgan fingerprint density at radius 1 is 1.19 bits per heavy atom. The lowest BCUT2D eigenvalue weighted by Crippen LogP contribution is -2.46. The minimum atomic E-state index is 0.242. The summed E-state index contributed by atoms with van der Waals surface area (Å²) in [5.74, 6) is 0. The first-order chi connectivity index (χ1) is 10.3. The summed E-state index contributed by atoms with van der Waals surface area (Å²) in [7, 11) is 0. The van der Waals surface area contributed by atoms with E-state index >= 15 is 0 Å². The molecule has 0 radical (unpaired) electrons. The van der Waals surface area contributed by atoms with Crippen LogP contribution in [0.25, 0.3) is 10.9 Å². The lowest BCUT2D eigenvalue weighted by molar-refractivity contribution is 0.299. The number of aryl methyl sites for hydroxylation is 1. The van der Waals surface area contributed by atoms with Crippen LogP contribution >= 0.6 is 0 Å². The molecule has 0 aliphatic carbocycles. The fourth-order valence-corrected chi connectivity index (χ4v) is 3.67. The van der Waals surface area contributed by atoms with Crippen molar-refractivity contribution in [3.8, 4) is 0 Å². The highest BCUT2D eigenvalue weighted by Crippen LogP contribution is 2.29. The van der Waals surface area contributed by atoms with Gasteiger partial charge in [0.25, 0.3) is 0 Å². The van der Waals surface area contributed by atoms with Gasteiger partial charge in [0.1, 0.15) is 0 Å². The van der Waals surface area contributed by atoms with Crippen LogP contribution in [0.4, 0.5) is 0 Å². The van der Waals surface area contributed by atoms with E-state index in [4.69, 9.17) is 5.10 Å². The molecule has 1 atom stereocenters. The van der Waals surface area contributed by atoms with E-state index in [0.29, 0.717) is 0 Å². The van der Waals surface area contributed by atoms with Crippen LogP contribution in [0.5, 0.6) is 0 Å². The smallest absolute Gasteiger partial charge is 0.0721 e. The maximum absolute atomic E-state index is 4.90. The van der Waals surface area contributed by atoms with E-state index in [0.717, 1.165) is 19.5 Å². The SMILES string of the molecule is CCn1nc(CC2(CC)CCCCCN2)c2ccccc21. The van der Waals surface area contributed by atoms with Crippen LogP contribution < -0.4 is 5.32 Å². The topological polar surface area (TPSA) is 29.9 Å². The van der Waals surface area contributed by atoms with Crippen LogP contribution in [0.1, 0.15) is 51.6 Å². The zero-order valence-electron chi connectivity index (χ0n) is 13.4. The Kier molecular flexibility index (Phi) is 4.29. The Morgan fingerprint density at radius 2 is 2.05 bits per heavy atom.